The molecule has 1 atom stereocenters. The molecular weight excluding hydrogens is 252 g/mol. The molecule has 0 aliphatic heterocycles. The molecule has 1 aromatic rings. The van der Waals surface area contributed by atoms with E-state index in [2.05, 4.69) is 26.2 Å². The maximum atomic E-state index is 9.27. The van der Waals surface area contributed by atoms with E-state index in [-0.39, 0.29) is 6.10 Å². The lowest BCUT2D eigenvalue weighted by Gasteiger charge is -2.07. The third-order valence-electron chi connectivity index (χ3n) is 1.70. The Morgan fingerprint density at radius 2 is 2.54 bits per heavy atom. The summed E-state index contributed by atoms with van der Waals surface area (Å²) in [6.07, 6.45) is 1.38. The van der Waals surface area contributed by atoms with E-state index >= 15 is 0 Å². The van der Waals surface area contributed by atoms with Crippen molar-refractivity contribution >= 4 is 32.4 Å². The average Bonchev–Trinajstić information content (AvgIpc) is 2.51. The van der Waals surface area contributed by atoms with Crippen molar-refractivity contribution in [2.75, 3.05) is 11.9 Å². The van der Waals surface area contributed by atoms with Crippen LogP contribution in [0.1, 0.15) is 19.8 Å². The summed E-state index contributed by atoms with van der Waals surface area (Å²) >= 11 is 4.83. The monoisotopic (exact) mass is 264 g/mol. The summed E-state index contributed by atoms with van der Waals surface area (Å²) in [4.78, 5) is 4.18. The highest BCUT2D eigenvalue weighted by atomic mass is 79.9. The highest BCUT2D eigenvalue weighted by Crippen LogP contribution is 2.19. The number of anilines is 1. The number of hydrogen-bond donors (Lipinski definition) is 2. The van der Waals surface area contributed by atoms with Crippen molar-refractivity contribution in [3.8, 4) is 0 Å². The van der Waals surface area contributed by atoms with E-state index in [0.29, 0.717) is 0 Å². The molecule has 1 rings (SSSR count). The van der Waals surface area contributed by atoms with Gasteiger partial charge < -0.3 is 10.4 Å². The summed E-state index contributed by atoms with van der Waals surface area (Å²) in [6.45, 7) is 2.75. The van der Waals surface area contributed by atoms with Crippen LogP contribution in [0.15, 0.2) is 9.98 Å². The number of aliphatic hydroxyl groups excluding tert-OH is 1. The normalized spacial score (nSPS) is 12.8. The molecule has 5 heteroatoms. The standard InChI is InChI=1S/C8H13BrN2OS/c1-2-6(12)3-4-10-8-11-7(9)5-13-8/h5-6,12H,2-4H2,1H3,(H,10,11). The molecule has 1 aromatic heterocycles. The quantitative estimate of drug-likeness (QED) is 0.859. The first-order valence-electron chi connectivity index (χ1n) is 4.25. The van der Waals surface area contributed by atoms with Crippen molar-refractivity contribution in [2.24, 2.45) is 0 Å². The SMILES string of the molecule is CCC(O)CCNc1nc(Br)cs1. The fourth-order valence-electron chi connectivity index (χ4n) is 0.885. The maximum absolute atomic E-state index is 9.27. The largest absolute Gasteiger partial charge is 0.393 e. The van der Waals surface area contributed by atoms with Crippen LogP contribution in [-0.2, 0) is 0 Å². The van der Waals surface area contributed by atoms with Crippen LogP contribution in [0.4, 0.5) is 5.13 Å². The Hall–Kier alpha value is -0.130. The zero-order chi connectivity index (χ0) is 9.68. The van der Waals surface area contributed by atoms with Crippen LogP contribution < -0.4 is 5.32 Å². The predicted octanol–water partition coefficient (Wildman–Crippen LogP) is 2.48. The summed E-state index contributed by atoms with van der Waals surface area (Å²) in [5.74, 6) is 0. The van der Waals surface area contributed by atoms with Gasteiger partial charge in [-0.1, -0.05) is 6.92 Å². The lowest BCUT2D eigenvalue weighted by atomic mass is 10.2. The van der Waals surface area contributed by atoms with Crippen LogP contribution in [-0.4, -0.2) is 22.7 Å². The first-order valence-corrected chi connectivity index (χ1v) is 5.92. The number of halogens is 1. The van der Waals surface area contributed by atoms with Crippen molar-refractivity contribution in [1.82, 2.24) is 4.98 Å². The second kappa shape index (κ2) is 5.57. The van der Waals surface area contributed by atoms with Crippen LogP contribution in [0.5, 0.6) is 0 Å². The van der Waals surface area contributed by atoms with E-state index in [9.17, 15) is 5.11 Å². The Bertz CT molecular complexity index is 254. The molecule has 0 aliphatic carbocycles. The Balaban J connectivity index is 2.20. The van der Waals surface area contributed by atoms with Crippen molar-refractivity contribution in [3.05, 3.63) is 9.98 Å². The zero-order valence-electron chi connectivity index (χ0n) is 7.46. The molecule has 13 heavy (non-hydrogen) atoms. The topological polar surface area (TPSA) is 45.1 Å². The second-order valence-electron chi connectivity index (χ2n) is 2.75. The maximum Gasteiger partial charge on any atom is 0.183 e. The summed E-state index contributed by atoms with van der Waals surface area (Å²) in [7, 11) is 0. The van der Waals surface area contributed by atoms with Crippen molar-refractivity contribution in [2.45, 2.75) is 25.9 Å². The molecule has 2 N–H and O–H groups in total. The number of rotatable bonds is 5. The minimum Gasteiger partial charge on any atom is -0.393 e. The van der Waals surface area contributed by atoms with E-state index in [1.165, 1.54) is 0 Å². The number of aromatic nitrogens is 1. The van der Waals surface area contributed by atoms with Crippen LogP contribution in [0.2, 0.25) is 0 Å². The molecule has 0 fully saturated rings. The van der Waals surface area contributed by atoms with Gasteiger partial charge in [-0.3, -0.25) is 0 Å². The van der Waals surface area contributed by atoms with Gasteiger partial charge in [-0.05, 0) is 28.8 Å². The summed E-state index contributed by atoms with van der Waals surface area (Å²) < 4.78 is 0.857. The van der Waals surface area contributed by atoms with Gasteiger partial charge in [0.15, 0.2) is 5.13 Å². The van der Waals surface area contributed by atoms with Crippen LogP contribution in [0, 0.1) is 0 Å². The summed E-state index contributed by atoms with van der Waals surface area (Å²) in [5, 5.41) is 15.3. The minimum absolute atomic E-state index is 0.198. The van der Waals surface area contributed by atoms with Crippen LogP contribution in [0.3, 0.4) is 0 Å². The molecule has 0 bridgehead atoms. The highest BCUT2D eigenvalue weighted by Gasteiger charge is 2.01. The molecule has 0 aliphatic rings. The van der Waals surface area contributed by atoms with Crippen molar-refractivity contribution in [3.63, 3.8) is 0 Å². The third-order valence-corrected chi connectivity index (χ3v) is 3.21. The van der Waals surface area contributed by atoms with E-state index in [1.807, 2.05) is 12.3 Å². The highest BCUT2D eigenvalue weighted by molar-refractivity contribution is 9.10. The van der Waals surface area contributed by atoms with E-state index in [1.54, 1.807) is 11.3 Å². The molecule has 0 spiro atoms. The minimum atomic E-state index is -0.198. The smallest absolute Gasteiger partial charge is 0.183 e. The Kier molecular flexibility index (Phi) is 4.69. The lowest BCUT2D eigenvalue weighted by Crippen LogP contribution is -2.11. The predicted molar refractivity (Wildman–Crippen MR) is 59.2 cm³/mol. The van der Waals surface area contributed by atoms with Gasteiger partial charge in [-0.2, -0.15) is 0 Å². The average molecular weight is 265 g/mol. The number of aliphatic hydroxyl groups is 1. The van der Waals surface area contributed by atoms with E-state index < -0.39 is 0 Å². The van der Waals surface area contributed by atoms with Gasteiger partial charge in [-0.25, -0.2) is 4.98 Å². The fraction of sp³-hybridized carbons (Fsp3) is 0.625. The Labute approximate surface area is 90.3 Å². The van der Waals surface area contributed by atoms with Gasteiger partial charge in [0, 0.05) is 11.9 Å². The Morgan fingerprint density at radius 1 is 1.77 bits per heavy atom. The first kappa shape index (κ1) is 10.9. The Morgan fingerprint density at radius 3 is 3.08 bits per heavy atom. The van der Waals surface area contributed by atoms with Gasteiger partial charge in [0.2, 0.25) is 0 Å². The third kappa shape index (κ3) is 4.06. The van der Waals surface area contributed by atoms with E-state index in [4.69, 9.17) is 0 Å². The summed E-state index contributed by atoms with van der Waals surface area (Å²) in [6, 6.07) is 0. The number of hydrogen-bond acceptors (Lipinski definition) is 4. The van der Waals surface area contributed by atoms with E-state index in [0.717, 1.165) is 29.1 Å². The molecule has 0 radical (unpaired) electrons. The number of nitrogens with zero attached hydrogens (tertiary/aromatic N) is 1. The molecule has 1 heterocycles. The van der Waals surface area contributed by atoms with Gasteiger partial charge >= 0.3 is 0 Å². The molecule has 0 saturated carbocycles. The molecule has 74 valence electrons. The molecule has 0 saturated heterocycles. The van der Waals surface area contributed by atoms with Crippen molar-refractivity contribution in [1.29, 1.82) is 0 Å². The number of nitrogens with one attached hydrogen (secondary N) is 1. The lowest BCUT2D eigenvalue weighted by molar-refractivity contribution is 0.164. The van der Waals surface area contributed by atoms with Gasteiger partial charge in [0.1, 0.15) is 4.60 Å². The molecule has 0 aromatic carbocycles. The molecule has 1 unspecified atom stereocenters. The molecule has 0 amide bonds. The van der Waals surface area contributed by atoms with Crippen molar-refractivity contribution < 1.29 is 5.11 Å². The van der Waals surface area contributed by atoms with Gasteiger partial charge in [0.05, 0.1) is 6.10 Å². The summed E-state index contributed by atoms with van der Waals surface area (Å²) in [5.41, 5.74) is 0. The second-order valence-corrected chi connectivity index (χ2v) is 4.42. The van der Waals surface area contributed by atoms with Crippen LogP contribution >= 0.6 is 27.3 Å². The fourth-order valence-corrected chi connectivity index (χ4v) is 2.06. The van der Waals surface area contributed by atoms with Gasteiger partial charge in [-0.15, -0.1) is 11.3 Å². The molecular formula is C8H13BrN2OS. The zero-order valence-corrected chi connectivity index (χ0v) is 9.86. The number of thiazole rings is 1. The first-order chi connectivity index (χ1) is 6.22. The van der Waals surface area contributed by atoms with Gasteiger partial charge in [0.25, 0.3) is 0 Å². The van der Waals surface area contributed by atoms with Crippen LogP contribution in [0.25, 0.3) is 0 Å². The molecule has 3 nitrogen and oxygen atoms in total.